The third kappa shape index (κ3) is 7.83. The number of halogens is 1. The second kappa shape index (κ2) is 12.4. The van der Waals surface area contributed by atoms with Crippen molar-refractivity contribution in [2.45, 2.75) is 59.4 Å². The molecule has 0 radical (unpaired) electrons. The highest BCUT2D eigenvalue weighted by Crippen LogP contribution is 2.17. The van der Waals surface area contributed by atoms with Gasteiger partial charge in [0.2, 0.25) is 11.8 Å². The van der Waals surface area contributed by atoms with Crippen molar-refractivity contribution in [3.63, 3.8) is 0 Å². The van der Waals surface area contributed by atoms with Crippen LogP contribution in [0.15, 0.2) is 4.99 Å². The minimum absolute atomic E-state index is 0. The normalized spacial score (nSPS) is 16.0. The van der Waals surface area contributed by atoms with Gasteiger partial charge in [-0.1, -0.05) is 13.8 Å². The molecule has 3 N–H and O–H groups in total. The third-order valence-electron chi connectivity index (χ3n) is 5.25. The van der Waals surface area contributed by atoms with E-state index in [0.717, 1.165) is 38.8 Å². The lowest BCUT2D eigenvalue weighted by molar-refractivity contribution is -0.136. The number of guanidine groups is 1. The Morgan fingerprint density at radius 2 is 1.74 bits per heavy atom. The minimum Gasteiger partial charge on any atom is -0.359 e. The first-order chi connectivity index (χ1) is 12.3. The summed E-state index contributed by atoms with van der Waals surface area (Å²) in [6.45, 7) is 10.0. The molecule has 0 aliphatic carbocycles. The van der Waals surface area contributed by atoms with Crippen molar-refractivity contribution < 1.29 is 9.59 Å². The van der Waals surface area contributed by atoms with Crippen LogP contribution in [0.4, 0.5) is 0 Å². The summed E-state index contributed by atoms with van der Waals surface area (Å²) >= 11 is 0. The highest BCUT2D eigenvalue weighted by Gasteiger charge is 2.29. The first kappa shape index (κ1) is 25.9. The molecule has 0 aromatic rings. The summed E-state index contributed by atoms with van der Waals surface area (Å²) in [7, 11) is 3.38. The van der Waals surface area contributed by atoms with Crippen molar-refractivity contribution in [2.75, 3.05) is 33.7 Å². The van der Waals surface area contributed by atoms with E-state index in [4.69, 9.17) is 0 Å². The molecule has 1 aliphatic heterocycles. The quantitative estimate of drug-likeness (QED) is 0.287. The van der Waals surface area contributed by atoms with Crippen molar-refractivity contribution in [1.82, 2.24) is 20.9 Å². The minimum atomic E-state index is -0.516. The molecule has 27 heavy (non-hydrogen) atoms. The van der Waals surface area contributed by atoms with Crippen LogP contribution in [0.1, 0.15) is 53.4 Å². The predicted molar refractivity (Wildman–Crippen MR) is 121 cm³/mol. The monoisotopic (exact) mass is 495 g/mol. The Bertz CT molecular complexity index is 498. The van der Waals surface area contributed by atoms with Gasteiger partial charge in [0.05, 0.1) is 5.41 Å². The Kier molecular flexibility index (Phi) is 11.9. The Morgan fingerprint density at radius 1 is 1.19 bits per heavy atom. The van der Waals surface area contributed by atoms with Crippen molar-refractivity contribution >= 4 is 41.8 Å². The third-order valence-corrected chi connectivity index (χ3v) is 5.25. The molecule has 2 amide bonds. The topological polar surface area (TPSA) is 85.8 Å². The van der Waals surface area contributed by atoms with Crippen LogP contribution in [0, 0.1) is 11.3 Å². The Morgan fingerprint density at radius 3 is 2.19 bits per heavy atom. The average molecular weight is 495 g/mol. The van der Waals surface area contributed by atoms with Crippen molar-refractivity contribution in [3.05, 3.63) is 0 Å². The van der Waals surface area contributed by atoms with E-state index in [1.54, 1.807) is 14.1 Å². The zero-order valence-electron chi connectivity index (χ0n) is 17.7. The fraction of sp³-hybridized carbons (Fsp3) is 0.842. The van der Waals surface area contributed by atoms with E-state index in [0.29, 0.717) is 18.4 Å². The number of rotatable bonds is 7. The van der Waals surface area contributed by atoms with E-state index < -0.39 is 5.41 Å². The highest BCUT2D eigenvalue weighted by molar-refractivity contribution is 14.0. The number of aliphatic imine (C=N–C) groups is 1. The molecule has 0 unspecified atom stereocenters. The molecular weight excluding hydrogens is 457 g/mol. The molecular formula is C19H38IN5O2. The maximum atomic E-state index is 12.5. The molecule has 1 rings (SSSR count). The van der Waals surface area contributed by atoms with Gasteiger partial charge in [-0.25, -0.2) is 0 Å². The van der Waals surface area contributed by atoms with Crippen LogP contribution in [0.25, 0.3) is 0 Å². The summed E-state index contributed by atoms with van der Waals surface area (Å²) in [4.78, 5) is 30.6. The number of hydrogen-bond acceptors (Lipinski definition) is 3. The fourth-order valence-electron chi connectivity index (χ4n) is 3.25. The maximum Gasteiger partial charge on any atom is 0.227 e. The molecule has 0 bridgehead atoms. The number of nitrogens with zero attached hydrogens (tertiary/aromatic N) is 2. The van der Waals surface area contributed by atoms with E-state index >= 15 is 0 Å². The van der Waals surface area contributed by atoms with Gasteiger partial charge in [-0.05, 0) is 39.5 Å². The SMILES string of the molecule is CCC(CC)C(=O)N1CCC(NC(=NC)NCC(C)(C)C(=O)NC)CC1.I. The number of carbonyl (C=O) groups excluding carboxylic acids is 2. The van der Waals surface area contributed by atoms with Crippen LogP contribution in [0.3, 0.4) is 0 Å². The van der Waals surface area contributed by atoms with E-state index in [2.05, 4.69) is 34.8 Å². The van der Waals surface area contributed by atoms with Gasteiger partial charge in [-0.15, -0.1) is 24.0 Å². The molecule has 0 saturated carbocycles. The lowest BCUT2D eigenvalue weighted by Crippen LogP contribution is -2.52. The smallest absolute Gasteiger partial charge is 0.227 e. The van der Waals surface area contributed by atoms with Crippen molar-refractivity contribution in [3.8, 4) is 0 Å². The second-order valence-electron chi connectivity index (χ2n) is 7.65. The van der Waals surface area contributed by atoms with Gasteiger partial charge in [-0.3, -0.25) is 14.6 Å². The number of carbonyl (C=O) groups is 2. The molecule has 1 fully saturated rings. The van der Waals surface area contributed by atoms with Crippen LogP contribution in [-0.4, -0.2) is 62.4 Å². The zero-order chi connectivity index (χ0) is 19.7. The average Bonchev–Trinajstić information content (AvgIpc) is 2.65. The van der Waals surface area contributed by atoms with Crippen LogP contribution < -0.4 is 16.0 Å². The molecule has 0 spiro atoms. The van der Waals surface area contributed by atoms with Gasteiger partial charge in [0.15, 0.2) is 5.96 Å². The summed E-state index contributed by atoms with van der Waals surface area (Å²) in [6, 6.07) is 0.287. The molecule has 7 nitrogen and oxygen atoms in total. The number of piperidine rings is 1. The molecule has 1 saturated heterocycles. The first-order valence-corrected chi connectivity index (χ1v) is 9.77. The van der Waals surface area contributed by atoms with Crippen LogP contribution >= 0.6 is 24.0 Å². The van der Waals surface area contributed by atoms with Gasteiger partial charge in [0, 0.05) is 45.7 Å². The molecule has 158 valence electrons. The maximum absolute atomic E-state index is 12.5. The van der Waals surface area contributed by atoms with Crippen LogP contribution in [-0.2, 0) is 9.59 Å². The largest absolute Gasteiger partial charge is 0.359 e. The number of hydrogen-bond donors (Lipinski definition) is 3. The molecule has 0 atom stereocenters. The standard InChI is InChI=1S/C19H37N5O2.HI/c1-7-14(8-2)16(25)24-11-9-15(10-12-24)23-18(21-6)22-13-19(3,4)17(26)20-5;/h14-15H,7-13H2,1-6H3,(H,20,26)(H2,21,22,23);1H. The van der Waals surface area contributed by atoms with Gasteiger partial charge in [-0.2, -0.15) is 0 Å². The van der Waals surface area contributed by atoms with Crippen molar-refractivity contribution in [2.24, 2.45) is 16.3 Å². The number of likely N-dealkylation sites (tertiary alicyclic amines) is 1. The van der Waals surface area contributed by atoms with Crippen molar-refractivity contribution in [1.29, 1.82) is 0 Å². The number of amides is 2. The van der Waals surface area contributed by atoms with Gasteiger partial charge >= 0.3 is 0 Å². The Hall–Kier alpha value is -1.06. The van der Waals surface area contributed by atoms with Crippen LogP contribution in [0.5, 0.6) is 0 Å². The summed E-state index contributed by atoms with van der Waals surface area (Å²) in [5, 5.41) is 9.35. The van der Waals surface area contributed by atoms with Gasteiger partial charge < -0.3 is 20.9 Å². The first-order valence-electron chi connectivity index (χ1n) is 9.77. The summed E-state index contributed by atoms with van der Waals surface area (Å²) in [6.07, 6.45) is 3.63. The molecule has 0 aromatic carbocycles. The highest BCUT2D eigenvalue weighted by atomic mass is 127. The van der Waals surface area contributed by atoms with E-state index in [-0.39, 0.29) is 41.8 Å². The Balaban J connectivity index is 0.00000676. The second-order valence-corrected chi connectivity index (χ2v) is 7.65. The molecule has 1 aliphatic rings. The van der Waals surface area contributed by atoms with E-state index in [1.165, 1.54) is 0 Å². The number of nitrogens with one attached hydrogen (secondary N) is 3. The predicted octanol–water partition coefficient (Wildman–Crippen LogP) is 1.97. The molecule has 8 heteroatoms. The summed E-state index contributed by atoms with van der Waals surface area (Å²) in [5.41, 5.74) is -0.516. The molecule has 0 aromatic heterocycles. The lowest BCUT2D eigenvalue weighted by atomic mass is 9.92. The van der Waals surface area contributed by atoms with E-state index in [1.807, 2.05) is 18.7 Å². The summed E-state index contributed by atoms with van der Waals surface area (Å²) < 4.78 is 0. The summed E-state index contributed by atoms with van der Waals surface area (Å²) in [5.74, 6) is 1.14. The fourth-order valence-corrected chi connectivity index (χ4v) is 3.25. The Labute approximate surface area is 181 Å². The van der Waals surface area contributed by atoms with Gasteiger partial charge in [0.1, 0.15) is 0 Å². The van der Waals surface area contributed by atoms with Gasteiger partial charge in [0.25, 0.3) is 0 Å². The van der Waals surface area contributed by atoms with Crippen LogP contribution in [0.2, 0.25) is 0 Å². The van der Waals surface area contributed by atoms with E-state index in [9.17, 15) is 9.59 Å². The zero-order valence-corrected chi connectivity index (χ0v) is 20.1. The molecule has 1 heterocycles. The lowest BCUT2D eigenvalue weighted by Gasteiger charge is -2.35.